The van der Waals surface area contributed by atoms with Gasteiger partial charge in [0.15, 0.2) is 5.13 Å². The number of rotatable bonds is 5. The lowest BCUT2D eigenvalue weighted by atomic mass is 10.2. The number of halogens is 1. The number of amides is 1. The zero-order valence-corrected chi connectivity index (χ0v) is 17.1. The summed E-state index contributed by atoms with van der Waals surface area (Å²) < 4.78 is 0.951. The van der Waals surface area contributed by atoms with Crippen molar-refractivity contribution in [1.29, 1.82) is 0 Å². The Hall–Kier alpha value is -1.61. The van der Waals surface area contributed by atoms with Gasteiger partial charge in [0.25, 0.3) is 5.91 Å². The molecule has 1 N–H and O–H groups in total. The summed E-state index contributed by atoms with van der Waals surface area (Å²) in [5.41, 5.74) is 1.66. The molecule has 0 spiro atoms. The molecule has 1 unspecified atom stereocenters. The van der Waals surface area contributed by atoms with Crippen LogP contribution in [0.15, 0.2) is 45.7 Å². The SMILES string of the molecule is O=C(Nc1nc(C2CCCN2Cc2nccs2)cs1)c1ccc(Br)cc1. The molecule has 1 atom stereocenters. The number of hydrogen-bond donors (Lipinski definition) is 1. The molecule has 1 aliphatic heterocycles. The number of hydrogen-bond acceptors (Lipinski definition) is 6. The standard InChI is InChI=1S/C18H17BrN4OS2/c19-13-5-3-12(4-6-13)17(24)22-18-21-14(11-26-18)15-2-1-8-23(15)10-16-20-7-9-25-16/h3-7,9,11,15H,1-2,8,10H2,(H,21,22,24). The zero-order chi connectivity index (χ0) is 17.9. The van der Waals surface area contributed by atoms with Crippen molar-refractivity contribution in [3.63, 3.8) is 0 Å². The molecule has 0 aliphatic carbocycles. The summed E-state index contributed by atoms with van der Waals surface area (Å²) in [6, 6.07) is 7.60. The number of aromatic nitrogens is 2. The highest BCUT2D eigenvalue weighted by Crippen LogP contribution is 2.35. The summed E-state index contributed by atoms with van der Waals surface area (Å²) in [6.45, 7) is 1.92. The third kappa shape index (κ3) is 4.03. The van der Waals surface area contributed by atoms with E-state index in [4.69, 9.17) is 0 Å². The summed E-state index contributed by atoms with van der Waals surface area (Å²) in [5, 5.41) is 8.76. The quantitative estimate of drug-likeness (QED) is 0.599. The Morgan fingerprint density at radius 3 is 2.92 bits per heavy atom. The second-order valence-corrected chi connectivity index (χ2v) is 8.85. The average Bonchev–Trinajstić information content (AvgIpc) is 3.38. The first-order valence-corrected chi connectivity index (χ1v) is 10.9. The van der Waals surface area contributed by atoms with Gasteiger partial charge in [-0.3, -0.25) is 15.0 Å². The monoisotopic (exact) mass is 448 g/mol. The van der Waals surface area contributed by atoms with Crippen LogP contribution in [0.4, 0.5) is 5.13 Å². The fraction of sp³-hybridized carbons (Fsp3) is 0.278. The van der Waals surface area contributed by atoms with Crippen molar-refractivity contribution in [3.05, 3.63) is 62.0 Å². The number of nitrogens with one attached hydrogen (secondary N) is 1. The van der Waals surface area contributed by atoms with Crippen molar-refractivity contribution in [2.45, 2.75) is 25.4 Å². The van der Waals surface area contributed by atoms with Crippen molar-refractivity contribution in [2.75, 3.05) is 11.9 Å². The maximum atomic E-state index is 12.4. The van der Waals surface area contributed by atoms with Crippen LogP contribution in [0, 0.1) is 0 Å². The Labute approximate surface area is 168 Å². The lowest BCUT2D eigenvalue weighted by Gasteiger charge is -2.21. The van der Waals surface area contributed by atoms with Crippen LogP contribution < -0.4 is 5.32 Å². The molecule has 1 fully saturated rings. The maximum Gasteiger partial charge on any atom is 0.257 e. The van der Waals surface area contributed by atoms with E-state index in [9.17, 15) is 4.79 Å². The molecule has 134 valence electrons. The molecule has 1 saturated heterocycles. The minimum absolute atomic E-state index is 0.135. The molecule has 1 amide bonds. The van der Waals surface area contributed by atoms with E-state index in [1.807, 2.05) is 23.7 Å². The Bertz CT molecular complexity index is 879. The second kappa shape index (κ2) is 7.96. The first-order chi connectivity index (χ1) is 12.7. The number of carbonyl (C=O) groups excluding carboxylic acids is 1. The second-order valence-electron chi connectivity index (χ2n) is 6.09. The van der Waals surface area contributed by atoms with Crippen LogP contribution in [0.25, 0.3) is 0 Å². The average molecular weight is 449 g/mol. The van der Waals surface area contributed by atoms with E-state index in [-0.39, 0.29) is 5.91 Å². The number of carbonyl (C=O) groups is 1. The summed E-state index contributed by atoms with van der Waals surface area (Å²) in [4.78, 5) is 23.8. The van der Waals surface area contributed by atoms with Crippen molar-refractivity contribution < 1.29 is 4.79 Å². The van der Waals surface area contributed by atoms with Gasteiger partial charge in [-0.25, -0.2) is 9.97 Å². The lowest BCUT2D eigenvalue weighted by Crippen LogP contribution is -2.23. The van der Waals surface area contributed by atoms with Crippen LogP contribution >= 0.6 is 38.6 Å². The topological polar surface area (TPSA) is 58.1 Å². The first-order valence-electron chi connectivity index (χ1n) is 8.34. The Morgan fingerprint density at radius 2 is 2.15 bits per heavy atom. The van der Waals surface area contributed by atoms with Gasteiger partial charge in [-0.2, -0.15) is 0 Å². The molecule has 3 aromatic rings. The third-order valence-electron chi connectivity index (χ3n) is 4.38. The molecule has 3 heterocycles. The van der Waals surface area contributed by atoms with E-state index in [2.05, 4.69) is 41.5 Å². The van der Waals surface area contributed by atoms with Crippen molar-refractivity contribution in [2.24, 2.45) is 0 Å². The number of thiazole rings is 2. The van der Waals surface area contributed by atoms with E-state index < -0.39 is 0 Å². The van der Waals surface area contributed by atoms with Crippen LogP contribution in [0.3, 0.4) is 0 Å². The van der Waals surface area contributed by atoms with Crippen molar-refractivity contribution >= 4 is 49.6 Å². The van der Waals surface area contributed by atoms with Gasteiger partial charge in [0.05, 0.1) is 18.3 Å². The molecule has 26 heavy (non-hydrogen) atoms. The molecular weight excluding hydrogens is 432 g/mol. The summed E-state index contributed by atoms with van der Waals surface area (Å²) in [5.74, 6) is -0.135. The molecule has 0 bridgehead atoms. The van der Waals surface area contributed by atoms with Gasteiger partial charge in [-0.1, -0.05) is 15.9 Å². The molecular formula is C18H17BrN4OS2. The van der Waals surface area contributed by atoms with Gasteiger partial charge in [0.1, 0.15) is 5.01 Å². The van der Waals surface area contributed by atoms with Crippen molar-refractivity contribution in [1.82, 2.24) is 14.9 Å². The van der Waals surface area contributed by atoms with Crippen molar-refractivity contribution in [3.8, 4) is 0 Å². The van der Waals surface area contributed by atoms with Gasteiger partial charge >= 0.3 is 0 Å². The van der Waals surface area contributed by atoms with Gasteiger partial charge < -0.3 is 0 Å². The molecule has 1 aromatic carbocycles. The van der Waals surface area contributed by atoms with E-state index in [1.165, 1.54) is 11.3 Å². The van der Waals surface area contributed by atoms with Crippen LogP contribution in [-0.4, -0.2) is 27.3 Å². The lowest BCUT2D eigenvalue weighted by molar-refractivity contribution is 0.102. The molecule has 8 heteroatoms. The maximum absolute atomic E-state index is 12.4. The minimum atomic E-state index is -0.135. The first kappa shape index (κ1) is 17.8. The van der Waals surface area contributed by atoms with Gasteiger partial charge in [0, 0.05) is 27.0 Å². The number of likely N-dealkylation sites (tertiary alicyclic amines) is 1. The predicted octanol–water partition coefficient (Wildman–Crippen LogP) is 4.95. The number of anilines is 1. The van der Waals surface area contributed by atoms with E-state index in [1.54, 1.807) is 23.5 Å². The molecule has 0 radical (unpaired) electrons. The van der Waals surface area contributed by atoms with E-state index in [0.29, 0.717) is 16.7 Å². The summed E-state index contributed by atoms with van der Waals surface area (Å²) in [7, 11) is 0. The van der Waals surface area contributed by atoms with E-state index >= 15 is 0 Å². The Balaban J connectivity index is 1.43. The largest absolute Gasteiger partial charge is 0.298 e. The molecule has 4 rings (SSSR count). The zero-order valence-electron chi connectivity index (χ0n) is 13.9. The van der Waals surface area contributed by atoms with Crippen LogP contribution in [-0.2, 0) is 6.54 Å². The van der Waals surface area contributed by atoms with Crippen LogP contribution in [0.2, 0.25) is 0 Å². The predicted molar refractivity (Wildman–Crippen MR) is 109 cm³/mol. The highest BCUT2D eigenvalue weighted by molar-refractivity contribution is 9.10. The summed E-state index contributed by atoms with van der Waals surface area (Å²) >= 11 is 6.55. The Kier molecular flexibility index (Phi) is 5.44. The van der Waals surface area contributed by atoms with Crippen LogP contribution in [0.1, 0.15) is 39.9 Å². The molecule has 2 aromatic heterocycles. The fourth-order valence-electron chi connectivity index (χ4n) is 3.12. The molecule has 1 aliphatic rings. The Morgan fingerprint density at radius 1 is 1.31 bits per heavy atom. The number of nitrogens with zero attached hydrogens (tertiary/aromatic N) is 3. The number of benzene rings is 1. The molecule has 5 nitrogen and oxygen atoms in total. The smallest absolute Gasteiger partial charge is 0.257 e. The fourth-order valence-corrected chi connectivity index (χ4v) is 4.78. The van der Waals surface area contributed by atoms with E-state index in [0.717, 1.165) is 41.1 Å². The van der Waals surface area contributed by atoms with Gasteiger partial charge in [-0.05, 0) is 43.7 Å². The normalized spacial score (nSPS) is 17.5. The van der Waals surface area contributed by atoms with Gasteiger partial charge in [0.2, 0.25) is 0 Å². The summed E-state index contributed by atoms with van der Waals surface area (Å²) in [6.07, 6.45) is 4.10. The third-order valence-corrected chi connectivity index (χ3v) is 6.44. The van der Waals surface area contributed by atoms with Gasteiger partial charge in [-0.15, -0.1) is 22.7 Å². The minimum Gasteiger partial charge on any atom is -0.298 e. The highest BCUT2D eigenvalue weighted by Gasteiger charge is 2.28. The highest BCUT2D eigenvalue weighted by atomic mass is 79.9. The van der Waals surface area contributed by atoms with Crippen LogP contribution in [0.5, 0.6) is 0 Å². The molecule has 0 saturated carbocycles.